The SMILES string of the molecule is CCCN(CCC)CCCCCOc1c(-c2cc(OC)c(OC)c(OC)c2)oc2ccccc2c1=O. The zero-order valence-corrected chi connectivity index (χ0v) is 22.2. The van der Waals surface area contributed by atoms with Crippen LogP contribution in [0.15, 0.2) is 45.6 Å². The molecule has 0 spiro atoms. The number of nitrogens with zero attached hydrogens (tertiary/aromatic N) is 1. The van der Waals surface area contributed by atoms with Crippen molar-refractivity contribution in [2.75, 3.05) is 47.6 Å². The van der Waals surface area contributed by atoms with Gasteiger partial charge in [0.1, 0.15) is 5.58 Å². The number of fused-ring (bicyclic) bond motifs is 1. The zero-order valence-electron chi connectivity index (χ0n) is 22.2. The van der Waals surface area contributed by atoms with Gasteiger partial charge < -0.3 is 28.3 Å². The maximum atomic E-state index is 13.4. The van der Waals surface area contributed by atoms with Crippen LogP contribution in [0.1, 0.15) is 46.0 Å². The molecule has 196 valence electrons. The number of rotatable bonds is 15. The summed E-state index contributed by atoms with van der Waals surface area (Å²) in [4.78, 5) is 15.9. The largest absolute Gasteiger partial charge is 0.493 e. The maximum absolute atomic E-state index is 13.4. The Morgan fingerprint density at radius 2 is 1.47 bits per heavy atom. The van der Waals surface area contributed by atoms with Gasteiger partial charge in [-0.2, -0.15) is 0 Å². The molecule has 1 heterocycles. The van der Waals surface area contributed by atoms with Crippen molar-refractivity contribution in [3.8, 4) is 34.3 Å². The normalized spacial score (nSPS) is 11.2. The van der Waals surface area contributed by atoms with E-state index in [0.29, 0.717) is 46.1 Å². The van der Waals surface area contributed by atoms with E-state index < -0.39 is 0 Å². The molecule has 2 aromatic carbocycles. The molecule has 0 aliphatic rings. The van der Waals surface area contributed by atoms with Crippen LogP contribution in [-0.2, 0) is 0 Å². The minimum absolute atomic E-state index is 0.196. The highest BCUT2D eigenvalue weighted by Gasteiger charge is 2.22. The third kappa shape index (κ3) is 6.52. The second-order valence-corrected chi connectivity index (χ2v) is 8.75. The van der Waals surface area contributed by atoms with Gasteiger partial charge in [0.05, 0.1) is 33.3 Å². The highest BCUT2D eigenvalue weighted by atomic mass is 16.5. The summed E-state index contributed by atoms with van der Waals surface area (Å²) in [6.45, 7) is 8.24. The van der Waals surface area contributed by atoms with Crippen LogP contribution in [0.2, 0.25) is 0 Å². The Morgan fingerprint density at radius 3 is 2.08 bits per heavy atom. The fourth-order valence-electron chi connectivity index (χ4n) is 4.41. The molecule has 7 heteroatoms. The van der Waals surface area contributed by atoms with Crippen molar-refractivity contribution in [3.63, 3.8) is 0 Å². The third-order valence-electron chi connectivity index (χ3n) is 6.13. The Balaban J connectivity index is 1.85. The van der Waals surface area contributed by atoms with E-state index in [1.807, 2.05) is 12.1 Å². The molecular formula is C29H39NO6. The summed E-state index contributed by atoms with van der Waals surface area (Å²) in [7, 11) is 4.66. The lowest BCUT2D eigenvalue weighted by Gasteiger charge is -2.20. The van der Waals surface area contributed by atoms with Gasteiger partial charge in [-0.15, -0.1) is 0 Å². The lowest BCUT2D eigenvalue weighted by Crippen LogP contribution is -2.26. The van der Waals surface area contributed by atoms with E-state index in [0.717, 1.165) is 38.9 Å². The zero-order chi connectivity index (χ0) is 25.9. The van der Waals surface area contributed by atoms with Crippen molar-refractivity contribution in [2.45, 2.75) is 46.0 Å². The van der Waals surface area contributed by atoms with Crippen LogP contribution in [0, 0.1) is 0 Å². The monoisotopic (exact) mass is 497 g/mol. The molecule has 0 aliphatic carbocycles. The Hall–Kier alpha value is -3.19. The van der Waals surface area contributed by atoms with Gasteiger partial charge in [0.2, 0.25) is 16.9 Å². The summed E-state index contributed by atoms with van der Waals surface area (Å²) in [5.41, 5.74) is 0.903. The Labute approximate surface area is 213 Å². The van der Waals surface area contributed by atoms with E-state index in [4.69, 9.17) is 23.4 Å². The molecule has 0 N–H and O–H groups in total. The number of para-hydroxylation sites is 1. The van der Waals surface area contributed by atoms with E-state index in [9.17, 15) is 4.79 Å². The van der Waals surface area contributed by atoms with Gasteiger partial charge in [-0.05, 0) is 76.0 Å². The van der Waals surface area contributed by atoms with Crippen LogP contribution in [0.4, 0.5) is 0 Å². The Morgan fingerprint density at radius 1 is 0.806 bits per heavy atom. The summed E-state index contributed by atoms with van der Waals surface area (Å²) in [5, 5.41) is 0.485. The second-order valence-electron chi connectivity index (χ2n) is 8.75. The average Bonchev–Trinajstić information content (AvgIpc) is 2.90. The molecule has 0 amide bonds. The van der Waals surface area contributed by atoms with Crippen molar-refractivity contribution in [1.29, 1.82) is 0 Å². The smallest absolute Gasteiger partial charge is 0.235 e. The third-order valence-corrected chi connectivity index (χ3v) is 6.13. The quantitative estimate of drug-likeness (QED) is 0.233. The molecule has 0 saturated heterocycles. The lowest BCUT2D eigenvalue weighted by molar-refractivity contribution is 0.257. The molecule has 36 heavy (non-hydrogen) atoms. The molecule has 1 aromatic heterocycles. The average molecular weight is 498 g/mol. The van der Waals surface area contributed by atoms with Crippen LogP contribution in [0.25, 0.3) is 22.3 Å². The van der Waals surface area contributed by atoms with Crippen LogP contribution >= 0.6 is 0 Å². The number of hydrogen-bond donors (Lipinski definition) is 0. The molecule has 3 rings (SSSR count). The molecular weight excluding hydrogens is 458 g/mol. The summed E-state index contributed by atoms with van der Waals surface area (Å²) in [5.74, 6) is 1.95. The lowest BCUT2D eigenvalue weighted by atomic mass is 10.1. The van der Waals surface area contributed by atoms with Crippen molar-refractivity contribution in [1.82, 2.24) is 4.90 Å². The minimum Gasteiger partial charge on any atom is -0.493 e. The summed E-state index contributed by atoms with van der Waals surface area (Å²) < 4.78 is 28.8. The van der Waals surface area contributed by atoms with E-state index in [-0.39, 0.29) is 11.2 Å². The van der Waals surface area contributed by atoms with E-state index in [2.05, 4.69) is 18.7 Å². The fourth-order valence-corrected chi connectivity index (χ4v) is 4.41. The number of hydrogen-bond acceptors (Lipinski definition) is 7. The van der Waals surface area contributed by atoms with Crippen LogP contribution in [0.5, 0.6) is 23.0 Å². The number of unbranched alkanes of at least 4 members (excludes halogenated alkanes) is 2. The fraction of sp³-hybridized carbons (Fsp3) is 0.483. The molecule has 0 unspecified atom stereocenters. The van der Waals surface area contributed by atoms with Gasteiger partial charge >= 0.3 is 0 Å². The molecule has 0 bridgehead atoms. The minimum atomic E-state index is -0.197. The molecule has 0 atom stereocenters. The first-order chi connectivity index (χ1) is 17.6. The van der Waals surface area contributed by atoms with E-state index in [1.165, 1.54) is 12.8 Å². The maximum Gasteiger partial charge on any atom is 0.235 e. The molecule has 0 radical (unpaired) electrons. The second kappa shape index (κ2) is 13.8. The summed E-state index contributed by atoms with van der Waals surface area (Å²) in [6, 6.07) is 10.7. The highest BCUT2D eigenvalue weighted by Crippen LogP contribution is 2.43. The topological polar surface area (TPSA) is 70.4 Å². The first-order valence-electron chi connectivity index (χ1n) is 12.8. The Kier molecular flexibility index (Phi) is 10.5. The standard InChI is InChI=1S/C29H39NO6/c1-6-15-30(16-7-2)17-11-8-12-18-35-29-26(31)22-13-9-10-14-23(22)36-27(29)21-19-24(32-3)28(34-5)25(20-21)33-4/h9-10,13-14,19-20H,6-8,11-12,15-18H2,1-5H3. The van der Waals surface area contributed by atoms with Gasteiger partial charge in [-0.3, -0.25) is 4.79 Å². The first kappa shape index (κ1) is 27.4. The van der Waals surface area contributed by atoms with Crippen molar-refractivity contribution >= 4 is 11.0 Å². The van der Waals surface area contributed by atoms with Crippen LogP contribution < -0.4 is 24.4 Å². The summed E-state index contributed by atoms with van der Waals surface area (Å²) >= 11 is 0. The van der Waals surface area contributed by atoms with Gasteiger partial charge in [0.25, 0.3) is 0 Å². The van der Waals surface area contributed by atoms with Gasteiger partial charge in [-0.1, -0.05) is 26.0 Å². The Bertz CT molecular complexity index is 1140. The van der Waals surface area contributed by atoms with Gasteiger partial charge in [0, 0.05) is 5.56 Å². The van der Waals surface area contributed by atoms with E-state index in [1.54, 1.807) is 45.6 Å². The van der Waals surface area contributed by atoms with Crippen molar-refractivity contribution in [3.05, 3.63) is 46.6 Å². The predicted molar refractivity (Wildman–Crippen MR) is 144 cm³/mol. The van der Waals surface area contributed by atoms with Gasteiger partial charge in [0.15, 0.2) is 17.3 Å². The van der Waals surface area contributed by atoms with Crippen LogP contribution in [0.3, 0.4) is 0 Å². The number of benzene rings is 2. The molecule has 0 saturated carbocycles. The highest BCUT2D eigenvalue weighted by molar-refractivity contribution is 5.82. The first-order valence-corrected chi connectivity index (χ1v) is 12.8. The summed E-state index contributed by atoms with van der Waals surface area (Å²) in [6.07, 6.45) is 5.33. The van der Waals surface area contributed by atoms with Crippen molar-refractivity contribution in [2.24, 2.45) is 0 Å². The molecule has 0 aliphatic heterocycles. The molecule has 7 nitrogen and oxygen atoms in total. The molecule has 0 fully saturated rings. The molecule has 3 aromatic rings. The predicted octanol–water partition coefficient (Wildman–Crippen LogP) is 6.16. The number of ether oxygens (including phenoxy) is 4. The number of methoxy groups -OCH3 is 3. The van der Waals surface area contributed by atoms with E-state index >= 15 is 0 Å². The van der Waals surface area contributed by atoms with Crippen LogP contribution in [-0.4, -0.2) is 52.5 Å². The van der Waals surface area contributed by atoms with Crippen molar-refractivity contribution < 1.29 is 23.4 Å². The van der Waals surface area contributed by atoms with Gasteiger partial charge in [-0.25, -0.2) is 0 Å².